The zero-order chi connectivity index (χ0) is 16.2. The number of ether oxygens (including phenoxy) is 1. The normalized spacial score (nSPS) is 10.7. The Morgan fingerprint density at radius 3 is 2.43 bits per heavy atom. The molecule has 0 N–H and O–H groups in total. The molecule has 0 aliphatic carbocycles. The van der Waals surface area contributed by atoms with Gasteiger partial charge in [0.25, 0.3) is 5.89 Å². The fraction of sp³-hybridized carbons (Fsp3) is 0.222. The fourth-order valence-electron chi connectivity index (χ4n) is 2.37. The molecule has 0 fully saturated rings. The minimum atomic E-state index is 0.260. The van der Waals surface area contributed by atoms with Crippen molar-refractivity contribution in [2.75, 3.05) is 0 Å². The van der Waals surface area contributed by atoms with Crippen molar-refractivity contribution in [2.24, 2.45) is 0 Å². The molecule has 0 spiro atoms. The summed E-state index contributed by atoms with van der Waals surface area (Å²) in [7, 11) is 0. The van der Waals surface area contributed by atoms with Gasteiger partial charge in [0.15, 0.2) is 12.4 Å². The van der Waals surface area contributed by atoms with Crippen molar-refractivity contribution >= 4 is 11.6 Å². The van der Waals surface area contributed by atoms with E-state index in [2.05, 4.69) is 16.2 Å². The number of hydrogen-bond donors (Lipinski definition) is 0. The number of hydrogen-bond acceptors (Lipinski definition) is 4. The zero-order valence-electron chi connectivity index (χ0n) is 13.0. The van der Waals surface area contributed by atoms with Crippen LogP contribution >= 0.6 is 11.6 Å². The Bertz CT molecular complexity index is 777. The van der Waals surface area contributed by atoms with E-state index >= 15 is 0 Å². The van der Waals surface area contributed by atoms with Crippen molar-refractivity contribution in [3.05, 3.63) is 75.9 Å². The van der Waals surface area contributed by atoms with Crippen LogP contribution in [-0.2, 0) is 13.0 Å². The van der Waals surface area contributed by atoms with E-state index in [1.54, 1.807) is 0 Å². The molecule has 0 aliphatic rings. The molecule has 3 rings (SSSR count). The van der Waals surface area contributed by atoms with Crippen LogP contribution in [0.3, 0.4) is 0 Å². The van der Waals surface area contributed by atoms with E-state index in [4.69, 9.17) is 20.9 Å². The van der Waals surface area contributed by atoms with Crippen molar-refractivity contribution in [1.29, 1.82) is 0 Å². The lowest BCUT2D eigenvalue weighted by Gasteiger charge is -2.05. The molecule has 0 radical (unpaired) electrons. The summed E-state index contributed by atoms with van der Waals surface area (Å²) in [4.78, 5) is 4.35. The number of nitrogens with zero attached hydrogens (tertiary/aromatic N) is 2. The molecule has 0 bridgehead atoms. The maximum atomic E-state index is 5.87. The van der Waals surface area contributed by atoms with Gasteiger partial charge in [0.05, 0.1) is 0 Å². The second-order valence-electron chi connectivity index (χ2n) is 5.52. The van der Waals surface area contributed by atoms with Crippen LogP contribution in [0.1, 0.15) is 28.4 Å². The average molecular weight is 329 g/mol. The summed E-state index contributed by atoms with van der Waals surface area (Å²) in [6.45, 7) is 4.34. The third-order valence-corrected chi connectivity index (χ3v) is 3.60. The monoisotopic (exact) mass is 328 g/mol. The molecule has 5 heteroatoms. The van der Waals surface area contributed by atoms with Crippen LogP contribution in [0.15, 0.2) is 47.0 Å². The predicted molar refractivity (Wildman–Crippen MR) is 88.8 cm³/mol. The van der Waals surface area contributed by atoms with Gasteiger partial charge in [-0.2, -0.15) is 4.98 Å². The topological polar surface area (TPSA) is 48.2 Å². The average Bonchev–Trinajstić information content (AvgIpc) is 2.94. The van der Waals surface area contributed by atoms with Crippen LogP contribution in [0.25, 0.3) is 0 Å². The van der Waals surface area contributed by atoms with Gasteiger partial charge in [0.2, 0.25) is 0 Å². The first-order valence-corrected chi connectivity index (χ1v) is 7.73. The number of rotatable bonds is 5. The standard InChI is InChI=1S/C18H17ClN2O2/c1-12-7-13(2)9-16(8-12)22-11-18-20-17(21-23-18)10-14-3-5-15(19)6-4-14/h3-9H,10-11H2,1-2H3. The summed E-state index contributed by atoms with van der Waals surface area (Å²) in [5, 5.41) is 4.69. The lowest BCUT2D eigenvalue weighted by atomic mass is 10.1. The minimum Gasteiger partial charge on any atom is -0.484 e. The predicted octanol–water partition coefficient (Wildman–Crippen LogP) is 4.51. The van der Waals surface area contributed by atoms with Gasteiger partial charge in [-0.15, -0.1) is 0 Å². The molecular weight excluding hydrogens is 312 g/mol. The number of aryl methyl sites for hydroxylation is 2. The van der Waals surface area contributed by atoms with Crippen LogP contribution in [0.5, 0.6) is 5.75 Å². The van der Waals surface area contributed by atoms with Gasteiger partial charge in [0, 0.05) is 11.4 Å². The molecule has 0 saturated heterocycles. The SMILES string of the molecule is Cc1cc(C)cc(OCc2nc(Cc3ccc(Cl)cc3)no2)c1. The first-order valence-electron chi connectivity index (χ1n) is 7.35. The van der Waals surface area contributed by atoms with E-state index in [9.17, 15) is 0 Å². The van der Waals surface area contributed by atoms with E-state index < -0.39 is 0 Å². The largest absolute Gasteiger partial charge is 0.484 e. The Morgan fingerprint density at radius 2 is 1.74 bits per heavy atom. The van der Waals surface area contributed by atoms with Crippen LogP contribution in [0.2, 0.25) is 5.02 Å². The van der Waals surface area contributed by atoms with Crippen molar-refractivity contribution in [3.8, 4) is 5.75 Å². The van der Waals surface area contributed by atoms with E-state index in [-0.39, 0.29) is 6.61 Å². The second-order valence-corrected chi connectivity index (χ2v) is 5.96. The van der Waals surface area contributed by atoms with Crippen LogP contribution in [0, 0.1) is 13.8 Å². The summed E-state index contributed by atoms with van der Waals surface area (Å²) in [5.74, 6) is 1.90. The van der Waals surface area contributed by atoms with Gasteiger partial charge in [-0.3, -0.25) is 0 Å². The van der Waals surface area contributed by atoms with Gasteiger partial charge in [-0.25, -0.2) is 0 Å². The van der Waals surface area contributed by atoms with Gasteiger partial charge in [-0.1, -0.05) is 35.0 Å². The molecule has 0 atom stereocenters. The van der Waals surface area contributed by atoms with Crippen LogP contribution in [-0.4, -0.2) is 10.1 Å². The van der Waals surface area contributed by atoms with Crippen molar-refractivity contribution in [2.45, 2.75) is 26.9 Å². The molecule has 23 heavy (non-hydrogen) atoms. The Hall–Kier alpha value is -2.33. The fourth-order valence-corrected chi connectivity index (χ4v) is 2.49. The van der Waals surface area contributed by atoms with Gasteiger partial charge >= 0.3 is 0 Å². The van der Waals surface area contributed by atoms with E-state index in [0.717, 1.165) is 22.4 Å². The lowest BCUT2D eigenvalue weighted by Crippen LogP contribution is -1.97. The minimum absolute atomic E-state index is 0.260. The number of halogens is 1. The molecule has 0 amide bonds. The third-order valence-electron chi connectivity index (χ3n) is 3.34. The van der Waals surface area contributed by atoms with E-state index in [1.807, 2.05) is 50.2 Å². The van der Waals surface area contributed by atoms with E-state index in [0.29, 0.717) is 23.2 Å². The summed E-state index contributed by atoms with van der Waals surface area (Å²) < 4.78 is 10.9. The maximum Gasteiger partial charge on any atom is 0.264 e. The molecule has 0 aliphatic heterocycles. The maximum absolute atomic E-state index is 5.87. The number of benzene rings is 2. The zero-order valence-corrected chi connectivity index (χ0v) is 13.8. The molecule has 1 aromatic heterocycles. The second kappa shape index (κ2) is 6.84. The summed E-state index contributed by atoms with van der Waals surface area (Å²) in [5.41, 5.74) is 3.40. The van der Waals surface area contributed by atoms with Gasteiger partial charge in [-0.05, 0) is 54.8 Å². The molecule has 1 heterocycles. The Labute approximate surface area is 140 Å². The Morgan fingerprint density at radius 1 is 1.04 bits per heavy atom. The van der Waals surface area contributed by atoms with Crippen LogP contribution < -0.4 is 4.74 Å². The first kappa shape index (κ1) is 15.6. The molecule has 2 aromatic carbocycles. The van der Waals surface area contributed by atoms with Crippen molar-refractivity contribution in [3.63, 3.8) is 0 Å². The smallest absolute Gasteiger partial charge is 0.264 e. The highest BCUT2D eigenvalue weighted by Crippen LogP contribution is 2.18. The quantitative estimate of drug-likeness (QED) is 0.691. The third kappa shape index (κ3) is 4.33. The highest BCUT2D eigenvalue weighted by molar-refractivity contribution is 6.30. The van der Waals surface area contributed by atoms with Crippen molar-refractivity contribution < 1.29 is 9.26 Å². The summed E-state index contributed by atoms with van der Waals surface area (Å²) in [6, 6.07) is 13.7. The first-order chi connectivity index (χ1) is 11.1. The summed E-state index contributed by atoms with van der Waals surface area (Å²) in [6.07, 6.45) is 0.601. The molecule has 118 valence electrons. The number of aromatic nitrogens is 2. The molecule has 3 aromatic rings. The molecular formula is C18H17ClN2O2. The van der Waals surface area contributed by atoms with Crippen molar-refractivity contribution in [1.82, 2.24) is 10.1 Å². The van der Waals surface area contributed by atoms with Crippen LogP contribution in [0.4, 0.5) is 0 Å². The highest BCUT2D eigenvalue weighted by atomic mass is 35.5. The summed E-state index contributed by atoms with van der Waals surface area (Å²) >= 11 is 5.87. The molecule has 0 unspecified atom stereocenters. The van der Waals surface area contributed by atoms with Gasteiger partial charge < -0.3 is 9.26 Å². The lowest BCUT2D eigenvalue weighted by molar-refractivity contribution is 0.242. The molecule has 0 saturated carbocycles. The van der Waals surface area contributed by atoms with Gasteiger partial charge in [0.1, 0.15) is 5.75 Å². The Kier molecular flexibility index (Phi) is 4.63. The Balaban J connectivity index is 1.61. The van der Waals surface area contributed by atoms with E-state index in [1.165, 1.54) is 0 Å². The highest BCUT2D eigenvalue weighted by Gasteiger charge is 2.08. The molecule has 4 nitrogen and oxygen atoms in total.